The van der Waals surface area contributed by atoms with E-state index in [2.05, 4.69) is 121 Å². The molecule has 4 aromatic rings. The van der Waals surface area contributed by atoms with E-state index in [1.165, 1.54) is 166 Å². The normalized spacial score (nSPS) is 13.1. The lowest BCUT2D eigenvalue weighted by molar-refractivity contribution is 0.398. The molecular formula is C47H61Br. The van der Waals surface area contributed by atoms with E-state index in [0.717, 1.165) is 0 Å². The lowest BCUT2D eigenvalue weighted by atomic mass is 9.70. The van der Waals surface area contributed by atoms with E-state index in [4.69, 9.17) is 0 Å². The summed E-state index contributed by atoms with van der Waals surface area (Å²) in [5.74, 6) is 0. The topological polar surface area (TPSA) is 0 Å². The monoisotopic (exact) mass is 704 g/mol. The number of fused-ring (bicyclic) bond motifs is 3. The Labute approximate surface area is 302 Å². The van der Waals surface area contributed by atoms with Gasteiger partial charge in [0.25, 0.3) is 0 Å². The number of halogens is 1. The Morgan fingerprint density at radius 1 is 0.438 bits per heavy atom. The molecule has 0 spiro atoms. The van der Waals surface area contributed by atoms with Gasteiger partial charge in [0.05, 0.1) is 0 Å². The Balaban J connectivity index is 1.33. The van der Waals surface area contributed by atoms with Gasteiger partial charge in [-0.15, -0.1) is 0 Å². The third-order valence-electron chi connectivity index (χ3n) is 11.0. The van der Waals surface area contributed by atoms with Crippen molar-refractivity contribution >= 4 is 15.9 Å². The first kappa shape index (κ1) is 36.6. The number of unbranched alkanes of at least 4 members (excludes halogenated alkanes) is 13. The van der Waals surface area contributed by atoms with Crippen LogP contribution in [0.2, 0.25) is 0 Å². The summed E-state index contributed by atoms with van der Waals surface area (Å²) >= 11 is 3.89. The molecule has 0 heterocycles. The van der Waals surface area contributed by atoms with E-state index in [1.807, 2.05) is 0 Å². The Bertz CT molecular complexity index is 1500. The molecule has 256 valence electrons. The van der Waals surface area contributed by atoms with E-state index < -0.39 is 0 Å². The molecule has 0 saturated heterocycles. The minimum Gasteiger partial charge on any atom is -0.0654 e. The van der Waals surface area contributed by atoms with Gasteiger partial charge in [-0.2, -0.15) is 0 Å². The van der Waals surface area contributed by atoms with E-state index >= 15 is 0 Å². The summed E-state index contributed by atoms with van der Waals surface area (Å²) in [5.41, 5.74) is 11.9. The summed E-state index contributed by atoms with van der Waals surface area (Å²) in [7, 11) is 0. The summed E-state index contributed by atoms with van der Waals surface area (Å²) in [4.78, 5) is 0. The highest BCUT2D eigenvalue weighted by Gasteiger charge is 2.42. The summed E-state index contributed by atoms with van der Waals surface area (Å²) < 4.78 is 1.22. The molecular weight excluding hydrogens is 644 g/mol. The summed E-state index contributed by atoms with van der Waals surface area (Å²) in [5, 5.41) is 0. The van der Waals surface area contributed by atoms with Crippen molar-refractivity contribution in [3.63, 3.8) is 0 Å². The van der Waals surface area contributed by atoms with E-state index in [1.54, 1.807) is 11.1 Å². The van der Waals surface area contributed by atoms with Crippen molar-refractivity contribution in [1.82, 2.24) is 0 Å². The second kappa shape index (κ2) is 19.5. The highest BCUT2D eigenvalue weighted by atomic mass is 79.9. The number of hydrogen-bond acceptors (Lipinski definition) is 0. The highest BCUT2D eigenvalue weighted by molar-refractivity contribution is 9.10. The van der Waals surface area contributed by atoms with Crippen molar-refractivity contribution in [2.45, 2.75) is 148 Å². The first-order chi connectivity index (χ1) is 23.6. The van der Waals surface area contributed by atoms with E-state index in [0.29, 0.717) is 0 Å². The van der Waals surface area contributed by atoms with Gasteiger partial charge < -0.3 is 0 Å². The van der Waals surface area contributed by atoms with Crippen LogP contribution in [-0.4, -0.2) is 0 Å². The van der Waals surface area contributed by atoms with Gasteiger partial charge in [0, 0.05) is 9.89 Å². The molecule has 0 aliphatic heterocycles. The zero-order valence-corrected chi connectivity index (χ0v) is 31.8. The van der Waals surface area contributed by atoms with Gasteiger partial charge >= 0.3 is 0 Å². The van der Waals surface area contributed by atoms with Crippen molar-refractivity contribution in [3.05, 3.63) is 118 Å². The number of hydrogen-bond donors (Lipinski definition) is 0. The molecule has 1 aliphatic rings. The fourth-order valence-corrected chi connectivity index (χ4v) is 8.65. The van der Waals surface area contributed by atoms with Crippen LogP contribution in [0.4, 0.5) is 0 Å². The SMILES string of the molecule is CCCCCCCCC1(CCCCCCCC)c2cc(Br)ccc2-c2ccc(-c3cccc(CCCCCCc4ccccc4)c3)cc21. The molecule has 0 atom stereocenters. The smallest absolute Gasteiger partial charge is 0.0215 e. The van der Waals surface area contributed by atoms with Crippen molar-refractivity contribution < 1.29 is 0 Å². The van der Waals surface area contributed by atoms with Gasteiger partial charge in [-0.05, 0) is 101 Å². The van der Waals surface area contributed by atoms with Crippen LogP contribution in [0.1, 0.15) is 152 Å². The largest absolute Gasteiger partial charge is 0.0654 e. The van der Waals surface area contributed by atoms with Crippen molar-refractivity contribution in [3.8, 4) is 22.3 Å². The predicted molar refractivity (Wildman–Crippen MR) is 214 cm³/mol. The Hall–Kier alpha value is -2.64. The van der Waals surface area contributed by atoms with Crippen molar-refractivity contribution in [2.24, 2.45) is 0 Å². The van der Waals surface area contributed by atoms with E-state index in [-0.39, 0.29) is 5.41 Å². The molecule has 0 aromatic heterocycles. The van der Waals surface area contributed by atoms with Gasteiger partial charge in [-0.25, -0.2) is 0 Å². The molecule has 4 aromatic carbocycles. The lowest BCUT2D eigenvalue weighted by Crippen LogP contribution is -2.25. The third-order valence-corrected chi connectivity index (χ3v) is 11.5. The second-order valence-corrected chi connectivity index (χ2v) is 15.6. The summed E-state index contributed by atoms with van der Waals surface area (Å²) in [6.07, 6.45) is 26.3. The van der Waals surface area contributed by atoms with Crippen LogP contribution < -0.4 is 0 Å². The number of rotatable bonds is 22. The summed E-state index contributed by atoms with van der Waals surface area (Å²) in [6, 6.07) is 35.0. The second-order valence-electron chi connectivity index (χ2n) is 14.7. The molecule has 0 radical (unpaired) electrons. The first-order valence-corrected chi connectivity index (χ1v) is 20.5. The fraction of sp³-hybridized carbons (Fsp3) is 0.489. The van der Waals surface area contributed by atoms with Crippen LogP contribution in [0.5, 0.6) is 0 Å². The van der Waals surface area contributed by atoms with Crippen LogP contribution in [0.25, 0.3) is 22.3 Å². The minimum atomic E-state index is 0.108. The summed E-state index contributed by atoms with van der Waals surface area (Å²) in [6.45, 7) is 4.64. The molecule has 1 aliphatic carbocycles. The molecule has 0 bridgehead atoms. The maximum absolute atomic E-state index is 3.89. The quantitative estimate of drug-likeness (QED) is 0.0714. The zero-order valence-electron chi connectivity index (χ0n) is 30.2. The Morgan fingerprint density at radius 2 is 0.958 bits per heavy atom. The van der Waals surface area contributed by atoms with Crippen LogP contribution >= 0.6 is 15.9 Å². The zero-order chi connectivity index (χ0) is 33.4. The van der Waals surface area contributed by atoms with Gasteiger partial charge in [-0.1, -0.05) is 192 Å². The molecule has 0 unspecified atom stereocenters. The molecule has 5 rings (SSSR count). The maximum Gasteiger partial charge on any atom is 0.0215 e. The van der Waals surface area contributed by atoms with Gasteiger partial charge in [0.1, 0.15) is 0 Å². The molecule has 48 heavy (non-hydrogen) atoms. The molecule has 0 nitrogen and oxygen atoms in total. The Kier molecular flexibility index (Phi) is 14.9. The molecule has 1 heteroatoms. The van der Waals surface area contributed by atoms with E-state index in [9.17, 15) is 0 Å². The van der Waals surface area contributed by atoms with Gasteiger partial charge in [0.2, 0.25) is 0 Å². The Morgan fingerprint density at radius 3 is 1.62 bits per heavy atom. The maximum atomic E-state index is 3.89. The number of aryl methyl sites for hydroxylation is 2. The van der Waals surface area contributed by atoms with Crippen LogP contribution in [0.15, 0.2) is 95.5 Å². The fourth-order valence-electron chi connectivity index (χ4n) is 8.29. The highest BCUT2D eigenvalue weighted by Crippen LogP contribution is 2.55. The predicted octanol–water partition coefficient (Wildman–Crippen LogP) is 15.2. The molecule has 0 fully saturated rings. The average molecular weight is 706 g/mol. The standard InChI is InChI=1S/C47H61Br/c1-3-5-7-9-13-20-33-47(34-21-14-10-8-6-4-2)45-36-41(29-31-43(45)44-32-30-42(48)37-46(44)47)40-28-22-27-39(35-40)26-17-12-11-16-23-38-24-18-15-19-25-38/h15,18-19,22,24-25,27-32,35-37H,3-14,16-17,20-21,23,26,33-34H2,1-2H3. The molecule has 0 amide bonds. The van der Waals surface area contributed by atoms with Crippen LogP contribution in [-0.2, 0) is 18.3 Å². The average Bonchev–Trinajstić information content (AvgIpc) is 3.38. The van der Waals surface area contributed by atoms with Gasteiger partial charge in [-0.3, -0.25) is 0 Å². The van der Waals surface area contributed by atoms with Crippen LogP contribution in [0, 0.1) is 0 Å². The molecule has 0 saturated carbocycles. The van der Waals surface area contributed by atoms with Gasteiger partial charge in [0.15, 0.2) is 0 Å². The van der Waals surface area contributed by atoms with Crippen LogP contribution in [0.3, 0.4) is 0 Å². The van der Waals surface area contributed by atoms with Crippen molar-refractivity contribution in [1.29, 1.82) is 0 Å². The number of benzene rings is 4. The lowest BCUT2D eigenvalue weighted by Gasteiger charge is -2.33. The first-order valence-electron chi connectivity index (χ1n) is 19.7. The molecule has 0 N–H and O–H groups in total. The van der Waals surface area contributed by atoms with Crippen molar-refractivity contribution in [2.75, 3.05) is 0 Å². The third kappa shape index (κ3) is 9.97. The minimum absolute atomic E-state index is 0.108.